The average Bonchev–Trinajstić information content (AvgIpc) is 2.52. The molecule has 0 radical (unpaired) electrons. The van der Waals surface area contributed by atoms with Crippen LogP contribution in [0.5, 0.6) is 0 Å². The van der Waals surface area contributed by atoms with Gasteiger partial charge in [0.2, 0.25) is 15.9 Å². The number of anilines is 1. The molecule has 0 saturated carbocycles. The van der Waals surface area contributed by atoms with E-state index in [-0.39, 0.29) is 17.8 Å². The number of carbonyl (C=O) groups is 1. The van der Waals surface area contributed by atoms with E-state index in [2.05, 4.69) is 5.32 Å². The number of hydrogen-bond donors (Lipinski definition) is 1. The van der Waals surface area contributed by atoms with Crippen molar-refractivity contribution in [3.8, 4) is 0 Å². The second-order valence-corrected chi connectivity index (χ2v) is 7.00. The molecule has 0 aliphatic heterocycles. The first kappa shape index (κ1) is 17.9. The molecule has 8 heteroatoms. The van der Waals surface area contributed by atoms with Crippen molar-refractivity contribution in [1.82, 2.24) is 5.32 Å². The summed E-state index contributed by atoms with van der Waals surface area (Å²) in [5, 5.41) is 2.42. The molecule has 1 amide bonds. The molecule has 2 aromatic carbocycles. The Labute approximate surface area is 139 Å². The SMILES string of the molecule is CS(=O)(=O)N(CC(=O)NCc1ccccc1F)c1ccccc1F. The van der Waals surface area contributed by atoms with E-state index in [1.807, 2.05) is 0 Å². The fourth-order valence-corrected chi connectivity index (χ4v) is 2.91. The molecule has 5 nitrogen and oxygen atoms in total. The van der Waals surface area contributed by atoms with Crippen LogP contribution in [0.1, 0.15) is 5.56 Å². The number of benzene rings is 2. The van der Waals surface area contributed by atoms with Crippen molar-refractivity contribution in [1.29, 1.82) is 0 Å². The van der Waals surface area contributed by atoms with Crippen LogP contribution in [0.25, 0.3) is 0 Å². The van der Waals surface area contributed by atoms with Gasteiger partial charge in [-0.25, -0.2) is 17.2 Å². The average molecular weight is 354 g/mol. The van der Waals surface area contributed by atoms with Gasteiger partial charge in [-0.15, -0.1) is 0 Å². The van der Waals surface area contributed by atoms with Crippen LogP contribution in [0.2, 0.25) is 0 Å². The van der Waals surface area contributed by atoms with E-state index in [9.17, 15) is 22.0 Å². The largest absolute Gasteiger partial charge is 0.350 e. The predicted octanol–water partition coefficient (Wildman–Crippen LogP) is 2.05. The van der Waals surface area contributed by atoms with Gasteiger partial charge >= 0.3 is 0 Å². The number of halogens is 2. The fourth-order valence-electron chi connectivity index (χ4n) is 2.06. The summed E-state index contributed by atoms with van der Waals surface area (Å²) in [6.45, 7) is -0.700. The zero-order valence-electron chi connectivity index (χ0n) is 12.9. The van der Waals surface area contributed by atoms with Gasteiger partial charge in [0.05, 0.1) is 11.9 Å². The van der Waals surface area contributed by atoms with Gasteiger partial charge in [0.15, 0.2) is 0 Å². The quantitative estimate of drug-likeness (QED) is 0.863. The third-order valence-corrected chi connectivity index (χ3v) is 4.37. The van der Waals surface area contributed by atoms with E-state index in [4.69, 9.17) is 0 Å². The Hall–Kier alpha value is -2.48. The molecule has 0 bridgehead atoms. The van der Waals surface area contributed by atoms with Crippen molar-refractivity contribution in [2.45, 2.75) is 6.54 Å². The number of rotatable bonds is 6. The monoisotopic (exact) mass is 354 g/mol. The number of nitrogens with one attached hydrogen (secondary N) is 1. The Morgan fingerprint density at radius 2 is 1.62 bits per heavy atom. The Morgan fingerprint density at radius 1 is 1.04 bits per heavy atom. The smallest absolute Gasteiger partial charge is 0.241 e. The Balaban J connectivity index is 2.12. The van der Waals surface area contributed by atoms with Crippen molar-refractivity contribution in [3.63, 3.8) is 0 Å². The number of hydrogen-bond acceptors (Lipinski definition) is 3. The number of para-hydroxylation sites is 1. The zero-order chi connectivity index (χ0) is 17.7. The van der Waals surface area contributed by atoms with Gasteiger partial charge in [0.25, 0.3) is 0 Å². The molecular formula is C16H16F2N2O3S. The molecule has 0 saturated heterocycles. The van der Waals surface area contributed by atoms with Crippen molar-refractivity contribution in [2.24, 2.45) is 0 Å². The van der Waals surface area contributed by atoms with E-state index in [1.165, 1.54) is 36.4 Å². The van der Waals surface area contributed by atoms with Gasteiger partial charge in [-0.1, -0.05) is 30.3 Å². The number of amides is 1. The summed E-state index contributed by atoms with van der Waals surface area (Å²) >= 11 is 0. The first-order valence-corrected chi connectivity index (χ1v) is 8.86. The van der Waals surface area contributed by atoms with E-state index < -0.39 is 34.1 Å². The van der Waals surface area contributed by atoms with Crippen LogP contribution in [0.4, 0.5) is 14.5 Å². The second-order valence-electron chi connectivity index (χ2n) is 5.09. The van der Waals surface area contributed by atoms with Crippen molar-refractivity contribution >= 4 is 21.6 Å². The summed E-state index contributed by atoms with van der Waals surface area (Å²) in [6, 6.07) is 11.1. The molecular weight excluding hydrogens is 338 g/mol. The molecule has 0 aliphatic carbocycles. The number of nitrogens with zero attached hydrogens (tertiary/aromatic N) is 1. The Bertz CT molecular complexity index is 841. The van der Waals surface area contributed by atoms with Crippen LogP contribution < -0.4 is 9.62 Å². The van der Waals surface area contributed by atoms with Gasteiger partial charge in [-0.05, 0) is 18.2 Å². The summed E-state index contributed by atoms with van der Waals surface area (Å²) in [4.78, 5) is 12.0. The summed E-state index contributed by atoms with van der Waals surface area (Å²) < 4.78 is 51.7. The summed E-state index contributed by atoms with van der Waals surface area (Å²) in [7, 11) is -3.87. The van der Waals surface area contributed by atoms with Crippen LogP contribution in [-0.2, 0) is 21.4 Å². The standard InChI is InChI=1S/C16H16F2N2O3S/c1-24(22,23)20(15-9-5-4-8-14(15)18)11-16(21)19-10-12-6-2-3-7-13(12)17/h2-9H,10-11H2,1H3,(H,19,21). The highest BCUT2D eigenvalue weighted by Gasteiger charge is 2.23. The highest BCUT2D eigenvalue weighted by atomic mass is 32.2. The van der Waals surface area contributed by atoms with Crippen LogP contribution in [0, 0.1) is 11.6 Å². The normalized spacial score (nSPS) is 11.1. The van der Waals surface area contributed by atoms with E-state index in [0.29, 0.717) is 4.31 Å². The highest BCUT2D eigenvalue weighted by Crippen LogP contribution is 2.20. The molecule has 0 spiro atoms. The maximum atomic E-state index is 13.8. The van der Waals surface area contributed by atoms with E-state index >= 15 is 0 Å². The van der Waals surface area contributed by atoms with Crippen molar-refractivity contribution < 1.29 is 22.0 Å². The second kappa shape index (κ2) is 7.39. The van der Waals surface area contributed by atoms with Gasteiger partial charge in [0, 0.05) is 12.1 Å². The summed E-state index contributed by atoms with van der Waals surface area (Å²) in [6.07, 6.45) is 0.879. The van der Waals surface area contributed by atoms with Crippen molar-refractivity contribution in [2.75, 3.05) is 17.1 Å². The first-order chi connectivity index (χ1) is 11.3. The van der Waals surface area contributed by atoms with Crippen LogP contribution in [-0.4, -0.2) is 27.1 Å². The molecule has 1 N–H and O–H groups in total. The summed E-state index contributed by atoms with van der Waals surface area (Å²) in [5.74, 6) is -1.91. The van der Waals surface area contributed by atoms with Crippen LogP contribution in [0.3, 0.4) is 0 Å². The number of carbonyl (C=O) groups excluding carboxylic acids is 1. The third-order valence-electron chi connectivity index (χ3n) is 3.24. The highest BCUT2D eigenvalue weighted by molar-refractivity contribution is 7.92. The third kappa shape index (κ3) is 4.51. The maximum absolute atomic E-state index is 13.8. The van der Waals surface area contributed by atoms with E-state index in [1.54, 1.807) is 6.07 Å². The van der Waals surface area contributed by atoms with E-state index in [0.717, 1.165) is 12.3 Å². The molecule has 0 heterocycles. The molecule has 24 heavy (non-hydrogen) atoms. The predicted molar refractivity (Wildman–Crippen MR) is 86.8 cm³/mol. The van der Waals surface area contributed by atoms with Gasteiger partial charge in [-0.2, -0.15) is 0 Å². The topological polar surface area (TPSA) is 66.5 Å². The molecule has 0 aromatic heterocycles. The van der Waals surface area contributed by atoms with Crippen LogP contribution >= 0.6 is 0 Å². The molecule has 2 aromatic rings. The molecule has 2 rings (SSSR count). The lowest BCUT2D eigenvalue weighted by atomic mass is 10.2. The minimum absolute atomic E-state index is 0.0968. The van der Waals surface area contributed by atoms with Crippen LogP contribution in [0.15, 0.2) is 48.5 Å². The number of sulfonamides is 1. The minimum atomic E-state index is -3.87. The lowest BCUT2D eigenvalue weighted by Gasteiger charge is -2.22. The molecule has 0 fully saturated rings. The minimum Gasteiger partial charge on any atom is -0.350 e. The van der Waals surface area contributed by atoms with Crippen molar-refractivity contribution in [3.05, 3.63) is 65.7 Å². The van der Waals surface area contributed by atoms with Gasteiger partial charge < -0.3 is 5.32 Å². The molecule has 0 unspecified atom stereocenters. The molecule has 0 aliphatic rings. The Kier molecular flexibility index (Phi) is 5.50. The Morgan fingerprint density at radius 3 is 2.21 bits per heavy atom. The first-order valence-electron chi connectivity index (χ1n) is 7.01. The van der Waals surface area contributed by atoms with Gasteiger partial charge in [-0.3, -0.25) is 9.10 Å². The summed E-state index contributed by atoms with van der Waals surface area (Å²) in [5.41, 5.74) is 0.0451. The van der Waals surface area contributed by atoms with Gasteiger partial charge in [0.1, 0.15) is 18.2 Å². The lowest BCUT2D eigenvalue weighted by Crippen LogP contribution is -2.40. The lowest BCUT2D eigenvalue weighted by molar-refractivity contribution is -0.119. The zero-order valence-corrected chi connectivity index (χ0v) is 13.7. The molecule has 0 atom stereocenters. The molecule has 128 valence electrons. The fraction of sp³-hybridized carbons (Fsp3) is 0.188. The maximum Gasteiger partial charge on any atom is 0.241 e.